The molecule has 2 N–H and O–H groups in total. The van der Waals surface area contributed by atoms with Crippen molar-refractivity contribution >= 4 is 51.9 Å². The number of benzene rings is 2. The van der Waals surface area contributed by atoms with Crippen molar-refractivity contribution in [1.82, 2.24) is 20.1 Å². The molecule has 172 valence electrons. The first-order chi connectivity index (χ1) is 15.8. The van der Waals surface area contributed by atoms with Gasteiger partial charge in [-0.3, -0.25) is 9.59 Å². The van der Waals surface area contributed by atoms with Crippen molar-refractivity contribution in [2.24, 2.45) is 0 Å². The zero-order valence-electron chi connectivity index (χ0n) is 18.8. The Labute approximate surface area is 211 Å². The highest BCUT2D eigenvalue weighted by atomic mass is 127. The zero-order chi connectivity index (χ0) is 24.0. The minimum atomic E-state index is -0.371. The number of halogens is 1. The van der Waals surface area contributed by atoms with Crippen LogP contribution in [0.4, 0.5) is 5.69 Å². The van der Waals surface area contributed by atoms with Gasteiger partial charge in [-0.25, -0.2) is 0 Å². The third-order valence-electron chi connectivity index (χ3n) is 4.90. The first-order valence-electron chi connectivity index (χ1n) is 10.4. The van der Waals surface area contributed by atoms with Crippen LogP contribution in [0.15, 0.2) is 60.3 Å². The Bertz CT molecular complexity index is 1160. The molecule has 2 amide bonds. The maximum atomic E-state index is 12.6. The van der Waals surface area contributed by atoms with Crippen LogP contribution in [-0.2, 0) is 11.3 Å². The second-order valence-corrected chi connectivity index (χ2v) is 9.79. The number of hydrogen-bond donors (Lipinski definition) is 2. The van der Waals surface area contributed by atoms with Crippen LogP contribution in [0.2, 0.25) is 0 Å². The fraction of sp³-hybridized carbons (Fsp3) is 0.250. The van der Waals surface area contributed by atoms with E-state index in [0.717, 1.165) is 20.4 Å². The van der Waals surface area contributed by atoms with E-state index in [4.69, 9.17) is 0 Å². The molecule has 3 aromatic rings. The van der Waals surface area contributed by atoms with Crippen LogP contribution in [0.1, 0.15) is 40.3 Å². The molecule has 0 radical (unpaired) electrons. The maximum absolute atomic E-state index is 12.6. The normalized spacial score (nSPS) is 11.6. The Kier molecular flexibility index (Phi) is 8.67. The zero-order valence-corrected chi connectivity index (χ0v) is 21.7. The minimum Gasteiger partial charge on any atom is -0.342 e. The number of rotatable bonds is 9. The Balaban J connectivity index is 1.66. The topological polar surface area (TPSA) is 88.9 Å². The first-order valence-corrected chi connectivity index (χ1v) is 12.4. The Morgan fingerprint density at radius 2 is 1.91 bits per heavy atom. The summed E-state index contributed by atoms with van der Waals surface area (Å²) in [6.07, 6.45) is 1.74. The average Bonchev–Trinajstić information content (AvgIpc) is 3.17. The monoisotopic (exact) mass is 575 g/mol. The molecule has 1 atom stereocenters. The van der Waals surface area contributed by atoms with E-state index in [1.54, 1.807) is 18.2 Å². The Hall–Kier alpha value is -2.66. The number of aryl methyl sites for hydroxylation is 2. The van der Waals surface area contributed by atoms with Gasteiger partial charge in [-0.1, -0.05) is 35.5 Å². The van der Waals surface area contributed by atoms with E-state index >= 15 is 0 Å². The van der Waals surface area contributed by atoms with Crippen LogP contribution in [-0.4, -0.2) is 32.3 Å². The van der Waals surface area contributed by atoms with Gasteiger partial charge in [-0.15, -0.1) is 16.8 Å². The van der Waals surface area contributed by atoms with Crippen molar-refractivity contribution in [2.75, 3.05) is 11.1 Å². The van der Waals surface area contributed by atoms with Crippen LogP contribution >= 0.6 is 34.4 Å². The molecule has 9 heteroatoms. The minimum absolute atomic E-state index is 0.125. The number of carbonyl (C=O) groups is 2. The molecule has 0 saturated heterocycles. The lowest BCUT2D eigenvalue weighted by molar-refractivity contribution is -0.113. The average molecular weight is 575 g/mol. The number of hydrogen-bond acceptors (Lipinski definition) is 5. The largest absolute Gasteiger partial charge is 0.342 e. The molecule has 33 heavy (non-hydrogen) atoms. The summed E-state index contributed by atoms with van der Waals surface area (Å²) in [4.78, 5) is 25.1. The standard InChI is InChI=1S/C24H26IN5O2S/c1-5-12-30-22(17(4)26-23(32)18-8-6-15(2)7-9-18)28-29-24(30)33-14-21(31)27-20-11-10-19(25)13-16(20)3/h5-11,13,17H,1,12,14H2,2-4H3,(H,26,32)(H,27,31)/t17-/m1/s1. The third kappa shape index (κ3) is 6.67. The van der Waals surface area contributed by atoms with Crippen molar-refractivity contribution < 1.29 is 9.59 Å². The van der Waals surface area contributed by atoms with Crippen LogP contribution < -0.4 is 10.6 Å². The smallest absolute Gasteiger partial charge is 0.251 e. The van der Waals surface area contributed by atoms with Gasteiger partial charge in [-0.2, -0.15) is 0 Å². The molecule has 0 bridgehead atoms. The molecule has 1 aromatic heterocycles. The maximum Gasteiger partial charge on any atom is 0.251 e. The fourth-order valence-corrected chi connectivity index (χ4v) is 4.56. The second-order valence-electron chi connectivity index (χ2n) is 7.60. The van der Waals surface area contributed by atoms with Crippen molar-refractivity contribution in [2.45, 2.75) is 38.5 Å². The molecule has 7 nitrogen and oxygen atoms in total. The number of anilines is 1. The summed E-state index contributed by atoms with van der Waals surface area (Å²) >= 11 is 3.54. The van der Waals surface area contributed by atoms with E-state index in [-0.39, 0.29) is 23.6 Å². The highest BCUT2D eigenvalue weighted by Crippen LogP contribution is 2.22. The quantitative estimate of drug-likeness (QED) is 0.215. The van der Waals surface area contributed by atoms with Gasteiger partial charge in [0.25, 0.3) is 5.91 Å². The van der Waals surface area contributed by atoms with Crippen molar-refractivity contribution in [3.63, 3.8) is 0 Å². The Morgan fingerprint density at radius 1 is 1.18 bits per heavy atom. The highest BCUT2D eigenvalue weighted by Gasteiger charge is 2.20. The van der Waals surface area contributed by atoms with E-state index < -0.39 is 0 Å². The number of nitrogens with zero attached hydrogens (tertiary/aromatic N) is 3. The predicted molar refractivity (Wildman–Crippen MR) is 141 cm³/mol. The van der Waals surface area contributed by atoms with Gasteiger partial charge in [0.2, 0.25) is 5.91 Å². The lowest BCUT2D eigenvalue weighted by Crippen LogP contribution is -2.28. The molecule has 0 aliphatic carbocycles. The lowest BCUT2D eigenvalue weighted by Gasteiger charge is -2.15. The van der Waals surface area contributed by atoms with E-state index in [9.17, 15) is 9.59 Å². The van der Waals surface area contributed by atoms with Crippen LogP contribution in [0, 0.1) is 17.4 Å². The molecular weight excluding hydrogens is 549 g/mol. The van der Waals surface area contributed by atoms with E-state index in [1.807, 2.05) is 55.7 Å². The van der Waals surface area contributed by atoms with Crippen LogP contribution in [0.3, 0.4) is 0 Å². The summed E-state index contributed by atoms with van der Waals surface area (Å²) in [5.41, 5.74) is 3.48. The second kappa shape index (κ2) is 11.5. The molecule has 0 unspecified atom stereocenters. The number of allylic oxidation sites excluding steroid dienone is 1. The van der Waals surface area contributed by atoms with Crippen LogP contribution in [0.5, 0.6) is 0 Å². The van der Waals surface area contributed by atoms with Gasteiger partial charge in [0.1, 0.15) is 0 Å². The van der Waals surface area contributed by atoms with Crippen molar-refractivity contribution in [3.05, 3.63) is 81.2 Å². The number of thioether (sulfide) groups is 1. The molecule has 0 fully saturated rings. The molecule has 0 aliphatic heterocycles. The number of carbonyl (C=O) groups excluding carboxylic acids is 2. The van der Waals surface area contributed by atoms with Gasteiger partial charge in [-0.05, 0) is 79.3 Å². The molecule has 0 aliphatic rings. The highest BCUT2D eigenvalue weighted by molar-refractivity contribution is 14.1. The van der Waals surface area contributed by atoms with Gasteiger partial charge < -0.3 is 15.2 Å². The van der Waals surface area contributed by atoms with Gasteiger partial charge in [0.15, 0.2) is 11.0 Å². The molecule has 0 saturated carbocycles. The molecule has 3 rings (SSSR count). The number of nitrogens with one attached hydrogen (secondary N) is 2. The molecule has 2 aromatic carbocycles. The third-order valence-corrected chi connectivity index (χ3v) is 6.54. The van der Waals surface area contributed by atoms with Crippen molar-refractivity contribution in [1.29, 1.82) is 0 Å². The van der Waals surface area contributed by atoms with E-state index in [1.165, 1.54) is 11.8 Å². The summed E-state index contributed by atoms with van der Waals surface area (Å²) < 4.78 is 2.98. The molecular formula is C24H26IN5O2S. The summed E-state index contributed by atoms with van der Waals surface area (Å²) in [7, 11) is 0. The summed E-state index contributed by atoms with van der Waals surface area (Å²) in [5.74, 6) is 0.480. The molecule has 0 spiro atoms. The Morgan fingerprint density at radius 3 is 2.58 bits per heavy atom. The number of aromatic nitrogens is 3. The van der Waals surface area contributed by atoms with E-state index in [0.29, 0.717) is 23.1 Å². The van der Waals surface area contributed by atoms with E-state index in [2.05, 4.69) is 50.0 Å². The first kappa shape index (κ1) is 25.0. The summed E-state index contributed by atoms with van der Waals surface area (Å²) in [6.45, 7) is 10.1. The summed E-state index contributed by atoms with van der Waals surface area (Å²) in [6, 6.07) is 12.9. The number of amides is 2. The van der Waals surface area contributed by atoms with Crippen LogP contribution in [0.25, 0.3) is 0 Å². The lowest BCUT2D eigenvalue weighted by atomic mass is 10.1. The van der Waals surface area contributed by atoms with Crippen molar-refractivity contribution in [3.8, 4) is 0 Å². The van der Waals surface area contributed by atoms with Gasteiger partial charge >= 0.3 is 0 Å². The molecule has 1 heterocycles. The van der Waals surface area contributed by atoms with Gasteiger partial charge in [0.05, 0.1) is 11.8 Å². The SMILES string of the molecule is C=CCn1c(SCC(=O)Nc2ccc(I)cc2C)nnc1[C@@H](C)NC(=O)c1ccc(C)cc1. The fourth-order valence-electron chi connectivity index (χ4n) is 3.16. The summed E-state index contributed by atoms with van der Waals surface area (Å²) in [5, 5.41) is 15.0. The predicted octanol–water partition coefficient (Wildman–Crippen LogP) is 4.91. The van der Waals surface area contributed by atoms with Gasteiger partial charge in [0, 0.05) is 21.4 Å².